The number of hydrogen-bond donors (Lipinski definition) is 0. The van der Waals surface area contributed by atoms with Gasteiger partial charge in [0.1, 0.15) is 11.6 Å². The number of aryl methyl sites for hydroxylation is 2. The first kappa shape index (κ1) is 8.48. The summed E-state index contributed by atoms with van der Waals surface area (Å²) < 4.78 is 0. The zero-order chi connectivity index (χ0) is 9.26. The Morgan fingerprint density at radius 2 is 2.23 bits per heavy atom. The van der Waals surface area contributed by atoms with Crippen molar-refractivity contribution in [2.24, 2.45) is 0 Å². The van der Waals surface area contributed by atoms with E-state index >= 15 is 0 Å². The Kier molecular flexibility index (Phi) is 2.17. The second-order valence-electron chi connectivity index (χ2n) is 3.46. The summed E-state index contributed by atoms with van der Waals surface area (Å²) in [6, 6.07) is 0. The highest BCUT2D eigenvalue weighted by atomic mass is 15.2. The molecule has 1 aliphatic rings. The third-order valence-corrected chi connectivity index (χ3v) is 2.50. The summed E-state index contributed by atoms with van der Waals surface area (Å²) in [5.74, 6) is 2.03. The van der Waals surface area contributed by atoms with Crippen LogP contribution in [0, 0.1) is 6.92 Å². The molecule has 13 heavy (non-hydrogen) atoms. The molecule has 0 spiro atoms. The number of hydrogen-bond acceptors (Lipinski definition) is 3. The minimum absolute atomic E-state index is 0.874. The Morgan fingerprint density at radius 1 is 1.46 bits per heavy atom. The average molecular weight is 177 g/mol. The molecule has 0 bridgehead atoms. The van der Waals surface area contributed by atoms with Crippen LogP contribution >= 0.6 is 0 Å². The molecule has 1 aliphatic heterocycles. The van der Waals surface area contributed by atoms with Crippen molar-refractivity contribution in [3.8, 4) is 0 Å². The van der Waals surface area contributed by atoms with E-state index in [1.165, 1.54) is 12.0 Å². The van der Waals surface area contributed by atoms with E-state index in [9.17, 15) is 0 Å². The molecule has 2 heterocycles. The molecule has 0 unspecified atom stereocenters. The summed E-state index contributed by atoms with van der Waals surface area (Å²) in [4.78, 5) is 11.0. The predicted octanol–water partition coefficient (Wildman–Crippen LogP) is 1.56. The molecule has 1 saturated heterocycles. The monoisotopic (exact) mass is 177 g/mol. The first-order chi connectivity index (χ1) is 6.31. The Balaban J connectivity index is 2.33. The number of nitrogens with zero attached hydrogens (tertiary/aromatic N) is 3. The molecule has 0 aromatic carbocycles. The molecule has 0 N–H and O–H groups in total. The first-order valence-electron chi connectivity index (χ1n) is 4.88. The number of rotatable bonds is 2. The smallest absolute Gasteiger partial charge is 0.135 e. The molecule has 0 aliphatic carbocycles. The normalized spacial score (nSPS) is 15.7. The van der Waals surface area contributed by atoms with E-state index in [0.29, 0.717) is 0 Å². The number of anilines is 1. The predicted molar refractivity (Wildman–Crippen MR) is 53.0 cm³/mol. The minimum atomic E-state index is 0.874. The highest BCUT2D eigenvalue weighted by Gasteiger charge is 2.18. The van der Waals surface area contributed by atoms with Crippen LogP contribution in [0.25, 0.3) is 0 Å². The van der Waals surface area contributed by atoms with Gasteiger partial charge in [-0.3, -0.25) is 0 Å². The largest absolute Gasteiger partial charge is 0.356 e. The van der Waals surface area contributed by atoms with Crippen molar-refractivity contribution in [1.82, 2.24) is 9.97 Å². The van der Waals surface area contributed by atoms with E-state index in [1.54, 1.807) is 0 Å². The van der Waals surface area contributed by atoms with E-state index in [4.69, 9.17) is 0 Å². The van der Waals surface area contributed by atoms with Crippen LogP contribution in [-0.4, -0.2) is 23.1 Å². The van der Waals surface area contributed by atoms with Crippen LogP contribution in [0.3, 0.4) is 0 Å². The van der Waals surface area contributed by atoms with Crippen molar-refractivity contribution in [3.63, 3.8) is 0 Å². The standard InChI is InChI=1S/C10H15N3/c1-3-9-7-11-8(2)12-10(9)13-5-4-6-13/h7H,3-6H2,1-2H3. The lowest BCUT2D eigenvalue weighted by Crippen LogP contribution is -2.38. The van der Waals surface area contributed by atoms with E-state index in [1.807, 2.05) is 13.1 Å². The summed E-state index contributed by atoms with van der Waals surface area (Å²) in [6.07, 6.45) is 4.27. The summed E-state index contributed by atoms with van der Waals surface area (Å²) in [7, 11) is 0. The Bertz CT molecular complexity index is 305. The van der Waals surface area contributed by atoms with Crippen molar-refractivity contribution >= 4 is 5.82 Å². The third kappa shape index (κ3) is 1.50. The van der Waals surface area contributed by atoms with Gasteiger partial charge in [0.25, 0.3) is 0 Å². The van der Waals surface area contributed by atoms with Crippen molar-refractivity contribution in [3.05, 3.63) is 17.6 Å². The minimum Gasteiger partial charge on any atom is -0.356 e. The van der Waals surface area contributed by atoms with Crippen LogP contribution in [0.1, 0.15) is 24.7 Å². The molecule has 1 fully saturated rings. The maximum atomic E-state index is 4.48. The molecule has 0 atom stereocenters. The lowest BCUT2D eigenvalue weighted by Gasteiger charge is -2.33. The van der Waals surface area contributed by atoms with Crippen LogP contribution in [0.5, 0.6) is 0 Å². The van der Waals surface area contributed by atoms with Gasteiger partial charge < -0.3 is 4.90 Å². The van der Waals surface area contributed by atoms with Crippen molar-refractivity contribution in [2.45, 2.75) is 26.7 Å². The highest BCUT2D eigenvalue weighted by molar-refractivity contribution is 5.47. The van der Waals surface area contributed by atoms with Crippen molar-refractivity contribution in [1.29, 1.82) is 0 Å². The van der Waals surface area contributed by atoms with E-state index < -0.39 is 0 Å². The van der Waals surface area contributed by atoms with Gasteiger partial charge in [-0.1, -0.05) is 6.92 Å². The van der Waals surface area contributed by atoms with Gasteiger partial charge in [-0.05, 0) is 19.8 Å². The SMILES string of the molecule is CCc1cnc(C)nc1N1CCC1. The van der Waals surface area contributed by atoms with E-state index in [0.717, 1.165) is 31.2 Å². The summed E-state index contributed by atoms with van der Waals surface area (Å²) in [5, 5.41) is 0. The van der Waals surface area contributed by atoms with Gasteiger partial charge >= 0.3 is 0 Å². The quantitative estimate of drug-likeness (QED) is 0.686. The van der Waals surface area contributed by atoms with Gasteiger partial charge in [0.2, 0.25) is 0 Å². The molecule has 3 heteroatoms. The molecule has 70 valence electrons. The summed E-state index contributed by atoms with van der Waals surface area (Å²) >= 11 is 0. The van der Waals surface area contributed by atoms with E-state index in [-0.39, 0.29) is 0 Å². The Labute approximate surface area is 78.8 Å². The van der Waals surface area contributed by atoms with Crippen LogP contribution in [0.4, 0.5) is 5.82 Å². The molecule has 1 aromatic rings. The Hall–Kier alpha value is -1.12. The van der Waals surface area contributed by atoms with Gasteiger partial charge in [0, 0.05) is 24.8 Å². The van der Waals surface area contributed by atoms with Crippen LogP contribution in [0.2, 0.25) is 0 Å². The lowest BCUT2D eigenvalue weighted by molar-refractivity contribution is 0.604. The highest BCUT2D eigenvalue weighted by Crippen LogP contribution is 2.22. The average Bonchev–Trinajstić information content (AvgIpc) is 2.02. The maximum Gasteiger partial charge on any atom is 0.135 e. The maximum absolute atomic E-state index is 4.48. The molecule has 2 rings (SSSR count). The summed E-state index contributed by atoms with van der Waals surface area (Å²) in [5.41, 5.74) is 1.27. The zero-order valence-corrected chi connectivity index (χ0v) is 8.25. The summed E-state index contributed by atoms with van der Waals surface area (Å²) in [6.45, 7) is 6.41. The number of aromatic nitrogens is 2. The third-order valence-electron chi connectivity index (χ3n) is 2.50. The zero-order valence-electron chi connectivity index (χ0n) is 8.25. The molecular formula is C10H15N3. The fourth-order valence-corrected chi connectivity index (χ4v) is 1.53. The second kappa shape index (κ2) is 3.32. The molecule has 0 radical (unpaired) electrons. The van der Waals surface area contributed by atoms with Gasteiger partial charge in [-0.15, -0.1) is 0 Å². The molecule has 0 saturated carbocycles. The van der Waals surface area contributed by atoms with Crippen LogP contribution in [-0.2, 0) is 6.42 Å². The van der Waals surface area contributed by atoms with Crippen LogP contribution in [0.15, 0.2) is 6.20 Å². The van der Waals surface area contributed by atoms with Crippen molar-refractivity contribution < 1.29 is 0 Å². The second-order valence-corrected chi connectivity index (χ2v) is 3.46. The fraction of sp³-hybridized carbons (Fsp3) is 0.600. The molecule has 1 aromatic heterocycles. The van der Waals surface area contributed by atoms with Gasteiger partial charge in [0.15, 0.2) is 0 Å². The van der Waals surface area contributed by atoms with Gasteiger partial charge in [0.05, 0.1) is 0 Å². The lowest BCUT2D eigenvalue weighted by atomic mass is 10.1. The Morgan fingerprint density at radius 3 is 2.77 bits per heavy atom. The fourth-order valence-electron chi connectivity index (χ4n) is 1.53. The van der Waals surface area contributed by atoms with Gasteiger partial charge in [-0.25, -0.2) is 9.97 Å². The molecule has 0 amide bonds. The van der Waals surface area contributed by atoms with Gasteiger partial charge in [-0.2, -0.15) is 0 Å². The molecular weight excluding hydrogens is 162 g/mol. The molecule has 3 nitrogen and oxygen atoms in total. The van der Waals surface area contributed by atoms with E-state index in [2.05, 4.69) is 21.8 Å². The van der Waals surface area contributed by atoms with Crippen LogP contribution < -0.4 is 4.90 Å². The first-order valence-corrected chi connectivity index (χ1v) is 4.88. The topological polar surface area (TPSA) is 29.0 Å². The van der Waals surface area contributed by atoms with Crippen molar-refractivity contribution in [2.75, 3.05) is 18.0 Å².